The zero-order valence-electron chi connectivity index (χ0n) is 12.6. The molecule has 0 aliphatic carbocycles. The summed E-state index contributed by atoms with van der Waals surface area (Å²) in [7, 11) is 0. The van der Waals surface area contributed by atoms with Crippen molar-refractivity contribution in [2.75, 3.05) is 13.1 Å². The van der Waals surface area contributed by atoms with E-state index in [9.17, 15) is 4.79 Å². The highest BCUT2D eigenvalue weighted by Crippen LogP contribution is 2.22. The fraction of sp³-hybridized carbons (Fsp3) is 0.588. The van der Waals surface area contributed by atoms with E-state index >= 15 is 0 Å². The second-order valence-corrected chi connectivity index (χ2v) is 6.22. The lowest BCUT2D eigenvalue weighted by atomic mass is 9.96. The SMILES string of the molecule is CC(C)CC(NC(=O)CC1CCNC1)c1ccccc1. The third kappa shape index (κ3) is 4.64. The third-order valence-electron chi connectivity index (χ3n) is 3.88. The standard InChI is InChI=1S/C17H26N2O/c1-13(2)10-16(15-6-4-3-5-7-15)19-17(20)11-14-8-9-18-12-14/h3-7,13-14,16,18H,8-12H2,1-2H3,(H,19,20). The molecule has 0 saturated carbocycles. The smallest absolute Gasteiger partial charge is 0.220 e. The van der Waals surface area contributed by atoms with Crippen molar-refractivity contribution in [2.45, 2.75) is 39.2 Å². The van der Waals surface area contributed by atoms with Crippen molar-refractivity contribution >= 4 is 5.91 Å². The molecule has 1 saturated heterocycles. The molecule has 3 nitrogen and oxygen atoms in total. The number of hydrogen-bond acceptors (Lipinski definition) is 2. The molecule has 2 rings (SSSR count). The van der Waals surface area contributed by atoms with Gasteiger partial charge in [-0.25, -0.2) is 0 Å². The van der Waals surface area contributed by atoms with Crippen molar-refractivity contribution < 1.29 is 4.79 Å². The van der Waals surface area contributed by atoms with Gasteiger partial charge in [-0.1, -0.05) is 44.2 Å². The van der Waals surface area contributed by atoms with Crippen molar-refractivity contribution in [3.05, 3.63) is 35.9 Å². The maximum atomic E-state index is 12.2. The maximum Gasteiger partial charge on any atom is 0.220 e. The van der Waals surface area contributed by atoms with E-state index in [0.29, 0.717) is 18.3 Å². The molecule has 1 heterocycles. The largest absolute Gasteiger partial charge is 0.349 e. The van der Waals surface area contributed by atoms with Gasteiger partial charge >= 0.3 is 0 Å². The Morgan fingerprint density at radius 3 is 2.70 bits per heavy atom. The van der Waals surface area contributed by atoms with Crippen LogP contribution in [0.15, 0.2) is 30.3 Å². The van der Waals surface area contributed by atoms with Crippen LogP contribution in [0.5, 0.6) is 0 Å². The van der Waals surface area contributed by atoms with Crippen LogP contribution in [0.2, 0.25) is 0 Å². The number of nitrogens with one attached hydrogen (secondary N) is 2. The predicted octanol–water partition coefficient (Wildman–Crippen LogP) is 2.89. The Kier molecular flexibility index (Phi) is 5.60. The number of rotatable bonds is 6. The summed E-state index contributed by atoms with van der Waals surface area (Å²) in [6, 6.07) is 10.4. The fourth-order valence-corrected chi connectivity index (χ4v) is 2.84. The zero-order chi connectivity index (χ0) is 14.4. The van der Waals surface area contributed by atoms with E-state index in [1.807, 2.05) is 18.2 Å². The monoisotopic (exact) mass is 274 g/mol. The molecule has 0 radical (unpaired) electrons. The van der Waals surface area contributed by atoms with E-state index in [0.717, 1.165) is 25.9 Å². The summed E-state index contributed by atoms with van der Waals surface area (Å²) in [5, 5.41) is 6.54. The first-order chi connectivity index (χ1) is 9.65. The van der Waals surface area contributed by atoms with E-state index in [-0.39, 0.29) is 11.9 Å². The Morgan fingerprint density at radius 1 is 1.35 bits per heavy atom. The first-order valence-electron chi connectivity index (χ1n) is 7.70. The first-order valence-corrected chi connectivity index (χ1v) is 7.70. The molecule has 0 spiro atoms. The average Bonchev–Trinajstić information content (AvgIpc) is 2.91. The van der Waals surface area contributed by atoms with Gasteiger partial charge in [0.25, 0.3) is 0 Å². The van der Waals surface area contributed by atoms with Crippen LogP contribution in [0, 0.1) is 11.8 Å². The fourth-order valence-electron chi connectivity index (χ4n) is 2.84. The van der Waals surface area contributed by atoms with Crippen LogP contribution in [-0.4, -0.2) is 19.0 Å². The minimum Gasteiger partial charge on any atom is -0.349 e. The van der Waals surface area contributed by atoms with Crippen molar-refractivity contribution in [3.63, 3.8) is 0 Å². The van der Waals surface area contributed by atoms with Crippen LogP contribution in [0.1, 0.15) is 44.7 Å². The van der Waals surface area contributed by atoms with Crippen LogP contribution in [0.25, 0.3) is 0 Å². The minimum absolute atomic E-state index is 0.137. The molecular weight excluding hydrogens is 248 g/mol. The molecule has 3 heteroatoms. The van der Waals surface area contributed by atoms with Crippen molar-refractivity contribution in [3.8, 4) is 0 Å². The van der Waals surface area contributed by atoms with Gasteiger partial charge in [-0.15, -0.1) is 0 Å². The van der Waals surface area contributed by atoms with Gasteiger partial charge in [0.05, 0.1) is 6.04 Å². The van der Waals surface area contributed by atoms with E-state index in [4.69, 9.17) is 0 Å². The molecule has 20 heavy (non-hydrogen) atoms. The Hall–Kier alpha value is -1.35. The second kappa shape index (κ2) is 7.44. The topological polar surface area (TPSA) is 41.1 Å². The Morgan fingerprint density at radius 2 is 2.10 bits per heavy atom. The molecule has 2 atom stereocenters. The highest BCUT2D eigenvalue weighted by atomic mass is 16.1. The van der Waals surface area contributed by atoms with E-state index < -0.39 is 0 Å². The van der Waals surface area contributed by atoms with Gasteiger partial charge in [0.1, 0.15) is 0 Å². The summed E-state index contributed by atoms with van der Waals surface area (Å²) in [4.78, 5) is 12.2. The molecule has 110 valence electrons. The van der Waals surface area contributed by atoms with E-state index in [1.165, 1.54) is 5.56 Å². The molecule has 0 bridgehead atoms. The van der Waals surface area contributed by atoms with Crippen LogP contribution in [0.3, 0.4) is 0 Å². The molecular formula is C17H26N2O. The van der Waals surface area contributed by atoms with Crippen molar-refractivity contribution in [2.24, 2.45) is 11.8 Å². The van der Waals surface area contributed by atoms with E-state index in [2.05, 4.69) is 36.6 Å². The highest BCUT2D eigenvalue weighted by molar-refractivity contribution is 5.76. The van der Waals surface area contributed by atoms with Crippen molar-refractivity contribution in [1.29, 1.82) is 0 Å². The number of carbonyl (C=O) groups is 1. The molecule has 1 aliphatic heterocycles. The Balaban J connectivity index is 1.94. The third-order valence-corrected chi connectivity index (χ3v) is 3.88. The molecule has 1 amide bonds. The van der Waals surface area contributed by atoms with Crippen molar-refractivity contribution in [1.82, 2.24) is 10.6 Å². The number of hydrogen-bond donors (Lipinski definition) is 2. The highest BCUT2D eigenvalue weighted by Gasteiger charge is 2.21. The van der Waals surface area contributed by atoms with Crippen LogP contribution in [0.4, 0.5) is 0 Å². The number of carbonyl (C=O) groups excluding carboxylic acids is 1. The lowest BCUT2D eigenvalue weighted by molar-refractivity contribution is -0.122. The van der Waals surface area contributed by atoms with Gasteiger partial charge in [0, 0.05) is 6.42 Å². The Labute approximate surface area is 122 Å². The van der Waals surface area contributed by atoms with E-state index in [1.54, 1.807) is 0 Å². The molecule has 0 aromatic heterocycles. The molecule has 1 aromatic carbocycles. The normalized spacial score (nSPS) is 20.1. The Bertz CT molecular complexity index is 410. The van der Waals surface area contributed by atoms with Crippen LogP contribution >= 0.6 is 0 Å². The van der Waals surface area contributed by atoms with Gasteiger partial charge < -0.3 is 10.6 Å². The average molecular weight is 274 g/mol. The van der Waals surface area contributed by atoms with Gasteiger partial charge in [0.2, 0.25) is 5.91 Å². The lowest BCUT2D eigenvalue weighted by Crippen LogP contribution is -2.31. The molecule has 1 fully saturated rings. The first kappa shape index (κ1) is 15.0. The van der Waals surface area contributed by atoms with Gasteiger partial charge in [-0.05, 0) is 43.3 Å². The van der Waals surface area contributed by atoms with Crippen LogP contribution < -0.4 is 10.6 Å². The summed E-state index contributed by atoms with van der Waals surface area (Å²) in [5.41, 5.74) is 1.21. The molecule has 2 N–H and O–H groups in total. The molecule has 1 aliphatic rings. The molecule has 2 unspecified atom stereocenters. The quantitative estimate of drug-likeness (QED) is 0.837. The maximum absolute atomic E-state index is 12.2. The number of amides is 1. The second-order valence-electron chi connectivity index (χ2n) is 6.22. The zero-order valence-corrected chi connectivity index (χ0v) is 12.6. The van der Waals surface area contributed by atoms with Crippen LogP contribution in [-0.2, 0) is 4.79 Å². The summed E-state index contributed by atoms with van der Waals surface area (Å²) < 4.78 is 0. The van der Waals surface area contributed by atoms with Gasteiger partial charge in [-0.2, -0.15) is 0 Å². The summed E-state index contributed by atoms with van der Waals surface area (Å²) in [5.74, 6) is 1.26. The molecule has 1 aromatic rings. The summed E-state index contributed by atoms with van der Waals surface area (Å²) in [6.07, 6.45) is 2.75. The summed E-state index contributed by atoms with van der Waals surface area (Å²) >= 11 is 0. The number of benzene rings is 1. The predicted molar refractivity (Wildman–Crippen MR) is 82.4 cm³/mol. The minimum atomic E-state index is 0.137. The summed E-state index contributed by atoms with van der Waals surface area (Å²) in [6.45, 7) is 6.42. The lowest BCUT2D eigenvalue weighted by Gasteiger charge is -2.22. The van der Waals surface area contributed by atoms with Gasteiger partial charge in [-0.3, -0.25) is 4.79 Å². The van der Waals surface area contributed by atoms with Gasteiger partial charge in [0.15, 0.2) is 0 Å².